The van der Waals surface area contributed by atoms with Crippen molar-refractivity contribution in [2.24, 2.45) is 0 Å². The molecule has 0 amide bonds. The molecule has 0 spiro atoms. The molecule has 0 heterocycles. The first-order chi connectivity index (χ1) is 8.31. The van der Waals surface area contributed by atoms with Crippen LogP contribution in [0.25, 0.3) is 0 Å². The van der Waals surface area contributed by atoms with Crippen LogP contribution in [0.2, 0.25) is 5.02 Å². The lowest BCUT2D eigenvalue weighted by Gasteiger charge is -2.11. The van der Waals surface area contributed by atoms with Crippen LogP contribution < -0.4 is 4.74 Å². The van der Waals surface area contributed by atoms with E-state index in [1.54, 1.807) is 6.92 Å². The molecule has 1 aromatic carbocycles. The van der Waals surface area contributed by atoms with Crippen LogP contribution in [-0.2, 0) is 13.8 Å². The molecule has 0 aliphatic heterocycles. The second-order valence-electron chi connectivity index (χ2n) is 3.14. The fourth-order valence-corrected chi connectivity index (χ4v) is 2.63. The summed E-state index contributed by atoms with van der Waals surface area (Å²) in [5, 5.41) is 0.0399. The van der Waals surface area contributed by atoms with Gasteiger partial charge in [0.1, 0.15) is 10.5 Å². The first-order valence-electron chi connectivity index (χ1n) is 4.80. The molecule has 0 saturated heterocycles. The van der Waals surface area contributed by atoms with Crippen LogP contribution in [0.3, 0.4) is 0 Å². The number of rotatable bonds is 4. The van der Waals surface area contributed by atoms with Crippen molar-refractivity contribution in [2.75, 3.05) is 13.7 Å². The maximum Gasteiger partial charge on any atom is 0.342 e. The molecular weight excluding hydrogens is 303 g/mol. The topological polar surface area (TPSA) is 69.7 Å². The lowest BCUT2D eigenvalue weighted by Crippen LogP contribution is -2.09. The Bertz CT molecular complexity index is 568. The summed E-state index contributed by atoms with van der Waals surface area (Å²) in [6.07, 6.45) is 0. The quantitative estimate of drug-likeness (QED) is 0.631. The lowest BCUT2D eigenvalue weighted by atomic mass is 10.2. The largest absolute Gasteiger partial charge is 0.494 e. The average Bonchev–Trinajstić information content (AvgIpc) is 2.27. The van der Waals surface area contributed by atoms with Crippen molar-refractivity contribution in [3.05, 3.63) is 22.7 Å². The first kappa shape index (κ1) is 15.1. The van der Waals surface area contributed by atoms with Crippen LogP contribution in [0.1, 0.15) is 17.3 Å². The molecule has 0 atom stereocenters. The number of hydrogen-bond donors (Lipinski definition) is 0. The van der Waals surface area contributed by atoms with Crippen LogP contribution in [0.4, 0.5) is 0 Å². The van der Waals surface area contributed by atoms with Gasteiger partial charge in [0.25, 0.3) is 9.05 Å². The summed E-state index contributed by atoms with van der Waals surface area (Å²) in [5.41, 5.74) is -0.0916. The number of halogens is 2. The minimum absolute atomic E-state index is 0.0399. The van der Waals surface area contributed by atoms with Crippen LogP contribution in [0.15, 0.2) is 17.0 Å². The number of hydrogen-bond acceptors (Lipinski definition) is 5. The van der Waals surface area contributed by atoms with Gasteiger partial charge in [0.05, 0.1) is 13.7 Å². The van der Waals surface area contributed by atoms with Gasteiger partial charge in [-0.15, -0.1) is 0 Å². The molecule has 0 saturated carbocycles. The summed E-state index contributed by atoms with van der Waals surface area (Å²) >= 11 is 5.74. The van der Waals surface area contributed by atoms with Crippen LogP contribution >= 0.6 is 22.3 Å². The molecule has 100 valence electrons. The molecule has 0 aliphatic rings. The Balaban J connectivity index is 3.53. The summed E-state index contributed by atoms with van der Waals surface area (Å²) in [6.45, 7) is 1.76. The van der Waals surface area contributed by atoms with E-state index in [1.807, 2.05) is 0 Å². The molecule has 0 aliphatic carbocycles. The fourth-order valence-electron chi connectivity index (χ4n) is 1.32. The van der Waals surface area contributed by atoms with Crippen molar-refractivity contribution in [1.82, 2.24) is 0 Å². The number of carbonyl (C=O) groups is 1. The molecule has 1 aromatic rings. The Labute approximate surface area is 114 Å². The number of carbonyl (C=O) groups excluding carboxylic acids is 1. The lowest BCUT2D eigenvalue weighted by molar-refractivity contribution is 0.0522. The van der Waals surface area contributed by atoms with Gasteiger partial charge in [0.15, 0.2) is 5.75 Å². The molecule has 0 N–H and O–H groups in total. The summed E-state index contributed by atoms with van der Waals surface area (Å²) in [6, 6.07) is 2.36. The SMILES string of the molecule is CCOC(=O)c1cc(Cl)cc(S(=O)(=O)Cl)c1OC. The summed E-state index contributed by atoms with van der Waals surface area (Å²) in [7, 11) is 2.39. The highest BCUT2D eigenvalue weighted by Gasteiger charge is 2.25. The second kappa shape index (κ2) is 5.77. The predicted octanol–water partition coefficient (Wildman–Crippen LogP) is 2.45. The summed E-state index contributed by atoms with van der Waals surface area (Å²) < 4.78 is 32.4. The standard InChI is InChI=1S/C10H10Cl2O5S/c1-3-17-10(13)7-4-6(11)5-8(9(7)16-2)18(12,14)15/h4-5H,3H2,1-2H3. The highest BCUT2D eigenvalue weighted by atomic mass is 35.7. The van der Waals surface area contributed by atoms with Crippen LogP contribution in [0, 0.1) is 0 Å². The van der Waals surface area contributed by atoms with Crippen molar-refractivity contribution in [1.29, 1.82) is 0 Å². The Morgan fingerprint density at radius 3 is 2.44 bits per heavy atom. The van der Waals surface area contributed by atoms with E-state index >= 15 is 0 Å². The van der Waals surface area contributed by atoms with Crippen LogP contribution in [0.5, 0.6) is 5.75 Å². The van der Waals surface area contributed by atoms with E-state index in [0.717, 1.165) is 6.07 Å². The van der Waals surface area contributed by atoms with Crippen molar-refractivity contribution in [3.63, 3.8) is 0 Å². The van der Waals surface area contributed by atoms with E-state index < -0.39 is 15.0 Å². The highest BCUT2D eigenvalue weighted by molar-refractivity contribution is 8.13. The van der Waals surface area contributed by atoms with Crippen molar-refractivity contribution in [2.45, 2.75) is 11.8 Å². The molecule has 0 radical (unpaired) electrons. The van der Waals surface area contributed by atoms with Crippen LogP contribution in [-0.4, -0.2) is 28.1 Å². The Morgan fingerprint density at radius 1 is 1.39 bits per heavy atom. The van der Waals surface area contributed by atoms with E-state index in [-0.39, 0.29) is 27.8 Å². The third-order valence-corrected chi connectivity index (χ3v) is 3.53. The molecular formula is C10H10Cl2O5S. The Kier molecular flexibility index (Phi) is 4.84. The van der Waals surface area contributed by atoms with Gasteiger partial charge in [-0.05, 0) is 19.1 Å². The first-order valence-corrected chi connectivity index (χ1v) is 7.49. The molecule has 1 rings (SSSR count). The van der Waals surface area contributed by atoms with Gasteiger partial charge in [0.2, 0.25) is 0 Å². The van der Waals surface area contributed by atoms with Gasteiger partial charge < -0.3 is 9.47 Å². The molecule has 0 unspecified atom stereocenters. The molecule has 0 fully saturated rings. The van der Waals surface area contributed by atoms with Gasteiger partial charge in [-0.2, -0.15) is 0 Å². The maximum absolute atomic E-state index is 11.7. The molecule has 0 aromatic heterocycles. The summed E-state index contributed by atoms with van der Waals surface area (Å²) in [4.78, 5) is 11.3. The van der Waals surface area contributed by atoms with Crippen molar-refractivity contribution < 1.29 is 22.7 Å². The van der Waals surface area contributed by atoms with Crippen molar-refractivity contribution in [3.8, 4) is 5.75 Å². The van der Waals surface area contributed by atoms with Crippen molar-refractivity contribution >= 4 is 37.3 Å². The number of ether oxygens (including phenoxy) is 2. The zero-order valence-electron chi connectivity index (χ0n) is 9.57. The van der Waals surface area contributed by atoms with E-state index in [0.29, 0.717) is 0 Å². The Morgan fingerprint density at radius 2 is 2.00 bits per heavy atom. The fraction of sp³-hybridized carbons (Fsp3) is 0.300. The van der Waals surface area contributed by atoms with Gasteiger partial charge >= 0.3 is 5.97 Å². The third kappa shape index (κ3) is 3.28. The summed E-state index contributed by atoms with van der Waals surface area (Å²) in [5.74, 6) is -0.925. The Hall–Kier alpha value is -0.980. The van der Waals surface area contributed by atoms with E-state index in [2.05, 4.69) is 0 Å². The number of esters is 1. The van der Waals surface area contributed by atoms with Gasteiger partial charge in [-0.25, -0.2) is 13.2 Å². The zero-order valence-corrected chi connectivity index (χ0v) is 11.9. The number of benzene rings is 1. The van der Waals surface area contributed by atoms with E-state index in [4.69, 9.17) is 31.8 Å². The third-order valence-electron chi connectivity index (χ3n) is 1.98. The minimum Gasteiger partial charge on any atom is -0.494 e. The highest BCUT2D eigenvalue weighted by Crippen LogP contribution is 2.34. The molecule has 0 bridgehead atoms. The van der Waals surface area contributed by atoms with Gasteiger partial charge in [-0.3, -0.25) is 0 Å². The normalized spacial score (nSPS) is 11.1. The maximum atomic E-state index is 11.7. The van der Waals surface area contributed by atoms with Gasteiger partial charge in [-0.1, -0.05) is 11.6 Å². The van der Waals surface area contributed by atoms with Gasteiger partial charge in [0, 0.05) is 15.7 Å². The molecule has 18 heavy (non-hydrogen) atoms. The molecule has 5 nitrogen and oxygen atoms in total. The van der Waals surface area contributed by atoms with E-state index in [1.165, 1.54) is 13.2 Å². The smallest absolute Gasteiger partial charge is 0.342 e. The molecule has 8 heteroatoms. The number of methoxy groups -OCH3 is 1. The minimum atomic E-state index is -4.08. The monoisotopic (exact) mass is 312 g/mol. The average molecular weight is 313 g/mol. The second-order valence-corrected chi connectivity index (χ2v) is 6.11. The predicted molar refractivity (Wildman–Crippen MR) is 67.0 cm³/mol. The van der Waals surface area contributed by atoms with E-state index in [9.17, 15) is 13.2 Å². The zero-order chi connectivity index (χ0) is 13.9.